The summed E-state index contributed by atoms with van der Waals surface area (Å²) >= 11 is 0. The molecular weight excluding hydrogens is 252 g/mol. The van der Waals surface area contributed by atoms with Gasteiger partial charge in [-0.1, -0.05) is 32.9 Å². The summed E-state index contributed by atoms with van der Waals surface area (Å²) in [6.45, 7) is 6.43. The topological polar surface area (TPSA) is 55.2 Å². The van der Waals surface area contributed by atoms with E-state index in [0.717, 1.165) is 28.5 Å². The lowest BCUT2D eigenvalue weighted by atomic mass is 9.93. The zero-order valence-corrected chi connectivity index (χ0v) is 12.1. The van der Waals surface area contributed by atoms with Gasteiger partial charge in [-0.15, -0.1) is 0 Å². The van der Waals surface area contributed by atoms with Crippen molar-refractivity contribution < 1.29 is 4.74 Å². The van der Waals surface area contributed by atoms with E-state index in [-0.39, 0.29) is 5.41 Å². The molecule has 104 valence electrons. The number of aromatic nitrogens is 4. The number of ether oxygens (including phenoxy) is 1. The molecule has 2 aromatic heterocycles. The van der Waals surface area contributed by atoms with Crippen LogP contribution in [0.25, 0.3) is 17.0 Å². The Balaban J connectivity index is 2.19. The molecule has 2 heterocycles. The summed E-state index contributed by atoms with van der Waals surface area (Å²) in [5, 5.41) is 12.0. The van der Waals surface area contributed by atoms with Gasteiger partial charge in [-0.05, 0) is 12.1 Å². The molecule has 0 aliphatic carbocycles. The van der Waals surface area contributed by atoms with E-state index in [9.17, 15) is 0 Å². The average Bonchev–Trinajstić information content (AvgIpc) is 2.97. The van der Waals surface area contributed by atoms with E-state index < -0.39 is 0 Å². The summed E-state index contributed by atoms with van der Waals surface area (Å²) < 4.78 is 7.23. The molecule has 0 aliphatic rings. The maximum absolute atomic E-state index is 5.40. The maximum Gasteiger partial charge on any atom is 0.186 e. The van der Waals surface area contributed by atoms with Crippen molar-refractivity contribution in [2.24, 2.45) is 0 Å². The minimum absolute atomic E-state index is 0.00487. The van der Waals surface area contributed by atoms with Crippen LogP contribution in [0.4, 0.5) is 0 Å². The predicted molar refractivity (Wildman–Crippen MR) is 78.0 cm³/mol. The number of hydrogen-bond donors (Lipinski definition) is 1. The number of fused-ring (bicyclic) bond motifs is 1. The van der Waals surface area contributed by atoms with Crippen molar-refractivity contribution in [3.8, 4) is 17.1 Å². The highest BCUT2D eigenvalue weighted by atomic mass is 16.5. The molecule has 0 atom stereocenters. The Morgan fingerprint density at radius 2 is 1.95 bits per heavy atom. The van der Waals surface area contributed by atoms with Gasteiger partial charge in [0.25, 0.3) is 0 Å². The van der Waals surface area contributed by atoms with E-state index in [4.69, 9.17) is 4.74 Å². The minimum atomic E-state index is 0.00487. The Morgan fingerprint density at radius 3 is 2.65 bits per heavy atom. The van der Waals surface area contributed by atoms with Crippen LogP contribution in [0.15, 0.2) is 30.3 Å². The molecule has 1 N–H and O–H groups in total. The van der Waals surface area contributed by atoms with Crippen LogP contribution in [0.2, 0.25) is 0 Å². The third-order valence-corrected chi connectivity index (χ3v) is 3.30. The van der Waals surface area contributed by atoms with Gasteiger partial charge < -0.3 is 4.74 Å². The second-order valence-electron chi connectivity index (χ2n) is 5.82. The van der Waals surface area contributed by atoms with Gasteiger partial charge in [-0.3, -0.25) is 5.10 Å². The van der Waals surface area contributed by atoms with Gasteiger partial charge in [-0.2, -0.15) is 14.7 Å². The first kappa shape index (κ1) is 12.7. The van der Waals surface area contributed by atoms with E-state index in [0.29, 0.717) is 0 Å². The van der Waals surface area contributed by atoms with E-state index in [1.54, 1.807) is 7.11 Å². The number of methoxy groups -OCH3 is 1. The van der Waals surface area contributed by atoms with Crippen LogP contribution in [-0.4, -0.2) is 26.9 Å². The molecule has 0 unspecified atom stereocenters. The first-order chi connectivity index (χ1) is 9.50. The number of aromatic amines is 1. The molecule has 0 saturated heterocycles. The smallest absolute Gasteiger partial charge is 0.186 e. The lowest BCUT2D eigenvalue weighted by Crippen LogP contribution is -2.12. The van der Waals surface area contributed by atoms with Crippen LogP contribution < -0.4 is 4.74 Å². The molecule has 0 saturated carbocycles. The van der Waals surface area contributed by atoms with Gasteiger partial charge >= 0.3 is 0 Å². The van der Waals surface area contributed by atoms with Gasteiger partial charge in [0.15, 0.2) is 11.5 Å². The number of benzene rings is 1. The van der Waals surface area contributed by atoms with Crippen molar-refractivity contribution in [1.29, 1.82) is 0 Å². The third kappa shape index (κ3) is 1.95. The number of nitrogens with zero attached hydrogens (tertiary/aromatic N) is 3. The Morgan fingerprint density at radius 1 is 1.20 bits per heavy atom. The largest absolute Gasteiger partial charge is 0.496 e. The number of hydrogen-bond acceptors (Lipinski definition) is 3. The number of para-hydroxylation sites is 1. The zero-order chi connectivity index (χ0) is 14.3. The Hall–Kier alpha value is -2.30. The fraction of sp³-hybridized carbons (Fsp3) is 0.333. The van der Waals surface area contributed by atoms with Gasteiger partial charge in [0.05, 0.1) is 18.4 Å². The summed E-state index contributed by atoms with van der Waals surface area (Å²) in [7, 11) is 1.66. The van der Waals surface area contributed by atoms with Crippen molar-refractivity contribution in [3.63, 3.8) is 0 Å². The van der Waals surface area contributed by atoms with E-state index in [1.165, 1.54) is 0 Å². The molecule has 0 radical (unpaired) electrons. The highest BCUT2D eigenvalue weighted by Crippen LogP contribution is 2.29. The lowest BCUT2D eigenvalue weighted by molar-refractivity contribution is 0.416. The zero-order valence-electron chi connectivity index (χ0n) is 12.1. The maximum atomic E-state index is 5.40. The molecule has 5 heteroatoms. The SMILES string of the molecule is COc1ccccc1-c1n[nH]c2cc(C(C)(C)C)nn12. The standard InChI is InChI=1S/C15H18N4O/c1-15(2,3)12-9-13-16-17-14(19(13)18-12)10-7-5-6-8-11(10)20-4/h5-9,16H,1-4H3. The monoisotopic (exact) mass is 270 g/mol. The predicted octanol–water partition coefficient (Wildman–Crippen LogP) is 3.03. The fourth-order valence-electron chi connectivity index (χ4n) is 2.15. The molecule has 3 rings (SSSR count). The molecule has 1 aromatic carbocycles. The van der Waals surface area contributed by atoms with Crippen LogP contribution in [0.3, 0.4) is 0 Å². The third-order valence-electron chi connectivity index (χ3n) is 3.30. The van der Waals surface area contributed by atoms with Crippen molar-refractivity contribution in [2.75, 3.05) is 7.11 Å². The Labute approximate surface area is 117 Å². The van der Waals surface area contributed by atoms with Gasteiger partial charge in [0.1, 0.15) is 5.75 Å². The molecular formula is C15H18N4O. The summed E-state index contributed by atoms with van der Waals surface area (Å²) in [6.07, 6.45) is 0. The normalized spacial score (nSPS) is 12.0. The molecule has 5 nitrogen and oxygen atoms in total. The van der Waals surface area contributed by atoms with Crippen LogP contribution in [0.1, 0.15) is 26.5 Å². The second-order valence-corrected chi connectivity index (χ2v) is 5.82. The quantitative estimate of drug-likeness (QED) is 0.778. The number of rotatable bonds is 2. The summed E-state index contributed by atoms with van der Waals surface area (Å²) in [5.74, 6) is 1.54. The molecule has 0 fully saturated rings. The van der Waals surface area contributed by atoms with Crippen molar-refractivity contribution in [3.05, 3.63) is 36.0 Å². The van der Waals surface area contributed by atoms with Crippen LogP contribution in [-0.2, 0) is 5.41 Å². The minimum Gasteiger partial charge on any atom is -0.496 e. The summed E-state index contributed by atoms with van der Waals surface area (Å²) in [6, 6.07) is 9.84. The van der Waals surface area contributed by atoms with Gasteiger partial charge in [0.2, 0.25) is 0 Å². The van der Waals surface area contributed by atoms with Crippen LogP contribution in [0, 0.1) is 0 Å². The molecule has 0 amide bonds. The van der Waals surface area contributed by atoms with E-state index in [2.05, 4.69) is 36.1 Å². The van der Waals surface area contributed by atoms with E-state index >= 15 is 0 Å². The van der Waals surface area contributed by atoms with Crippen LogP contribution in [0.5, 0.6) is 5.75 Å². The summed E-state index contributed by atoms with van der Waals surface area (Å²) in [4.78, 5) is 0. The first-order valence-electron chi connectivity index (χ1n) is 6.59. The summed E-state index contributed by atoms with van der Waals surface area (Å²) in [5.41, 5.74) is 2.84. The Bertz CT molecular complexity index is 749. The molecule has 3 aromatic rings. The van der Waals surface area contributed by atoms with Gasteiger partial charge in [0, 0.05) is 11.5 Å². The average molecular weight is 270 g/mol. The van der Waals surface area contributed by atoms with Gasteiger partial charge in [-0.25, -0.2) is 0 Å². The Kier molecular flexibility index (Phi) is 2.78. The van der Waals surface area contributed by atoms with Crippen molar-refractivity contribution in [2.45, 2.75) is 26.2 Å². The number of H-pyrrole nitrogens is 1. The number of nitrogens with one attached hydrogen (secondary N) is 1. The molecule has 0 bridgehead atoms. The fourth-order valence-corrected chi connectivity index (χ4v) is 2.15. The van der Waals surface area contributed by atoms with Crippen molar-refractivity contribution >= 4 is 5.65 Å². The van der Waals surface area contributed by atoms with Crippen molar-refractivity contribution in [1.82, 2.24) is 19.8 Å². The van der Waals surface area contributed by atoms with E-state index in [1.807, 2.05) is 34.8 Å². The lowest BCUT2D eigenvalue weighted by Gasteiger charge is -2.13. The highest BCUT2D eigenvalue weighted by molar-refractivity contribution is 5.66. The van der Waals surface area contributed by atoms with Crippen LogP contribution >= 0.6 is 0 Å². The first-order valence-corrected chi connectivity index (χ1v) is 6.59. The molecule has 20 heavy (non-hydrogen) atoms. The second kappa shape index (κ2) is 4.37. The highest BCUT2D eigenvalue weighted by Gasteiger charge is 2.21. The molecule has 0 spiro atoms. The molecule has 0 aliphatic heterocycles.